The van der Waals surface area contributed by atoms with Gasteiger partial charge < -0.3 is 10.1 Å². The molecule has 1 atom stereocenters. The lowest BCUT2D eigenvalue weighted by atomic mass is 10.0. The molecule has 2 aromatic rings. The molecular weight excluding hydrogens is 258 g/mol. The molecule has 0 radical (unpaired) electrons. The molecule has 21 heavy (non-hydrogen) atoms. The van der Waals surface area contributed by atoms with Crippen molar-refractivity contribution >= 4 is 5.69 Å². The highest BCUT2D eigenvalue weighted by molar-refractivity contribution is 5.57. The third-order valence-corrected chi connectivity index (χ3v) is 3.57. The fourth-order valence-electron chi connectivity index (χ4n) is 2.33. The molecule has 1 unspecified atom stereocenters. The Morgan fingerprint density at radius 3 is 2.38 bits per heavy atom. The van der Waals surface area contributed by atoms with Crippen LogP contribution in [-0.2, 0) is 0 Å². The molecular formula is C19H25NO. The first-order valence-corrected chi connectivity index (χ1v) is 7.79. The predicted octanol–water partition coefficient (Wildman–Crippen LogP) is 5.35. The average molecular weight is 283 g/mol. The number of benzene rings is 2. The van der Waals surface area contributed by atoms with Crippen molar-refractivity contribution in [1.29, 1.82) is 0 Å². The molecule has 2 heteroatoms. The zero-order valence-electron chi connectivity index (χ0n) is 13.2. The Bertz CT molecular complexity index is 548. The summed E-state index contributed by atoms with van der Waals surface area (Å²) in [4.78, 5) is 0. The van der Waals surface area contributed by atoms with Gasteiger partial charge in [0.1, 0.15) is 5.75 Å². The summed E-state index contributed by atoms with van der Waals surface area (Å²) in [5.41, 5.74) is 3.67. The Hall–Kier alpha value is -1.96. The van der Waals surface area contributed by atoms with Gasteiger partial charge in [0.05, 0.1) is 18.3 Å². The van der Waals surface area contributed by atoms with Crippen LogP contribution in [-0.4, -0.2) is 6.61 Å². The topological polar surface area (TPSA) is 21.3 Å². The number of rotatable bonds is 7. The molecule has 0 saturated carbocycles. The molecule has 0 aromatic heterocycles. The summed E-state index contributed by atoms with van der Waals surface area (Å²) < 4.78 is 5.82. The third-order valence-electron chi connectivity index (χ3n) is 3.57. The number of hydrogen-bond acceptors (Lipinski definition) is 2. The fourth-order valence-corrected chi connectivity index (χ4v) is 2.33. The van der Waals surface area contributed by atoms with Gasteiger partial charge >= 0.3 is 0 Å². The Morgan fingerprint density at radius 1 is 1.00 bits per heavy atom. The highest BCUT2D eigenvalue weighted by Crippen LogP contribution is 2.29. The van der Waals surface area contributed by atoms with E-state index in [1.807, 2.05) is 18.2 Å². The molecule has 112 valence electrons. The van der Waals surface area contributed by atoms with Gasteiger partial charge in [0.15, 0.2) is 0 Å². The van der Waals surface area contributed by atoms with E-state index in [4.69, 9.17) is 4.74 Å². The van der Waals surface area contributed by atoms with E-state index in [2.05, 4.69) is 56.4 Å². The molecule has 2 rings (SSSR count). The van der Waals surface area contributed by atoms with Crippen molar-refractivity contribution in [3.05, 3.63) is 59.7 Å². The van der Waals surface area contributed by atoms with Gasteiger partial charge in [-0.3, -0.25) is 0 Å². The quantitative estimate of drug-likeness (QED) is 0.740. The molecule has 0 fully saturated rings. The van der Waals surface area contributed by atoms with Gasteiger partial charge in [-0.1, -0.05) is 55.8 Å². The minimum Gasteiger partial charge on any atom is -0.491 e. The second-order valence-corrected chi connectivity index (χ2v) is 5.36. The lowest BCUT2D eigenvalue weighted by Crippen LogP contribution is -2.11. The summed E-state index contributed by atoms with van der Waals surface area (Å²) in [5.74, 6) is 0.935. The van der Waals surface area contributed by atoms with Crippen LogP contribution in [0.5, 0.6) is 5.75 Å². The van der Waals surface area contributed by atoms with E-state index in [-0.39, 0.29) is 0 Å². The lowest BCUT2D eigenvalue weighted by Gasteiger charge is -2.21. The van der Waals surface area contributed by atoms with Gasteiger partial charge in [0, 0.05) is 0 Å². The average Bonchev–Trinajstić information content (AvgIpc) is 2.52. The molecule has 2 nitrogen and oxygen atoms in total. The monoisotopic (exact) mass is 283 g/mol. The standard InChI is InChI=1S/C19H25NO/c1-4-14-21-19-9-7-6-8-18(19)20-17(5-2)16-12-10-15(3)11-13-16/h6-13,17,20H,4-5,14H2,1-3H3. The van der Waals surface area contributed by atoms with Gasteiger partial charge in [-0.15, -0.1) is 0 Å². The summed E-state index contributed by atoms with van der Waals surface area (Å²) in [5, 5.41) is 3.62. The molecule has 0 amide bonds. The Labute approximate surface area is 128 Å². The smallest absolute Gasteiger partial charge is 0.142 e. The third kappa shape index (κ3) is 4.25. The van der Waals surface area contributed by atoms with E-state index < -0.39 is 0 Å². The van der Waals surface area contributed by atoms with E-state index in [0.29, 0.717) is 6.04 Å². The van der Waals surface area contributed by atoms with Gasteiger partial charge in [0.2, 0.25) is 0 Å². The molecule has 0 heterocycles. The number of nitrogens with one attached hydrogen (secondary N) is 1. The molecule has 0 spiro atoms. The fraction of sp³-hybridized carbons (Fsp3) is 0.368. The van der Waals surface area contributed by atoms with Crippen molar-refractivity contribution in [2.45, 2.75) is 39.7 Å². The first kappa shape index (κ1) is 15.4. The van der Waals surface area contributed by atoms with Crippen LogP contribution in [0.25, 0.3) is 0 Å². The van der Waals surface area contributed by atoms with Crippen LogP contribution in [0, 0.1) is 6.92 Å². The highest BCUT2D eigenvalue weighted by Gasteiger charge is 2.11. The van der Waals surface area contributed by atoms with Crippen molar-refractivity contribution < 1.29 is 4.74 Å². The van der Waals surface area contributed by atoms with Crippen molar-refractivity contribution in [3.8, 4) is 5.75 Å². The van der Waals surface area contributed by atoms with E-state index >= 15 is 0 Å². The summed E-state index contributed by atoms with van der Waals surface area (Å²) in [7, 11) is 0. The molecule has 0 aliphatic carbocycles. The first-order valence-electron chi connectivity index (χ1n) is 7.79. The van der Waals surface area contributed by atoms with Crippen molar-refractivity contribution in [1.82, 2.24) is 0 Å². The normalized spacial score (nSPS) is 12.0. The van der Waals surface area contributed by atoms with Gasteiger partial charge in [-0.05, 0) is 37.5 Å². The second kappa shape index (κ2) is 7.72. The van der Waals surface area contributed by atoms with Crippen LogP contribution in [0.1, 0.15) is 43.9 Å². The molecule has 0 aliphatic rings. The SMILES string of the molecule is CCCOc1ccccc1NC(CC)c1ccc(C)cc1. The van der Waals surface area contributed by atoms with Gasteiger partial charge in [-0.2, -0.15) is 0 Å². The summed E-state index contributed by atoms with van der Waals surface area (Å²) in [6.07, 6.45) is 2.05. The Balaban J connectivity index is 2.16. The van der Waals surface area contributed by atoms with E-state index in [1.54, 1.807) is 0 Å². The Kier molecular flexibility index (Phi) is 5.68. The van der Waals surface area contributed by atoms with Crippen molar-refractivity contribution in [2.24, 2.45) is 0 Å². The maximum Gasteiger partial charge on any atom is 0.142 e. The first-order chi connectivity index (χ1) is 10.2. The summed E-state index contributed by atoms with van der Waals surface area (Å²) >= 11 is 0. The molecule has 0 aliphatic heterocycles. The van der Waals surface area contributed by atoms with Crippen molar-refractivity contribution in [3.63, 3.8) is 0 Å². The zero-order chi connectivity index (χ0) is 15.1. The van der Waals surface area contributed by atoms with Gasteiger partial charge in [0.25, 0.3) is 0 Å². The maximum absolute atomic E-state index is 5.82. The minimum atomic E-state index is 0.303. The summed E-state index contributed by atoms with van der Waals surface area (Å²) in [6, 6.07) is 17.2. The van der Waals surface area contributed by atoms with Crippen LogP contribution in [0.3, 0.4) is 0 Å². The van der Waals surface area contributed by atoms with Crippen LogP contribution in [0.4, 0.5) is 5.69 Å². The number of aryl methyl sites for hydroxylation is 1. The lowest BCUT2D eigenvalue weighted by molar-refractivity contribution is 0.318. The Morgan fingerprint density at radius 2 is 1.71 bits per heavy atom. The predicted molar refractivity (Wildman–Crippen MR) is 90.1 cm³/mol. The molecule has 2 aromatic carbocycles. The van der Waals surface area contributed by atoms with Crippen LogP contribution < -0.4 is 10.1 Å². The number of para-hydroxylation sites is 2. The highest BCUT2D eigenvalue weighted by atomic mass is 16.5. The number of anilines is 1. The van der Waals surface area contributed by atoms with Crippen LogP contribution in [0.2, 0.25) is 0 Å². The zero-order valence-corrected chi connectivity index (χ0v) is 13.2. The van der Waals surface area contributed by atoms with E-state index in [9.17, 15) is 0 Å². The number of hydrogen-bond donors (Lipinski definition) is 1. The molecule has 1 N–H and O–H groups in total. The maximum atomic E-state index is 5.82. The van der Waals surface area contributed by atoms with E-state index in [1.165, 1.54) is 11.1 Å². The van der Waals surface area contributed by atoms with Crippen LogP contribution in [0.15, 0.2) is 48.5 Å². The minimum absolute atomic E-state index is 0.303. The largest absolute Gasteiger partial charge is 0.491 e. The molecule has 0 saturated heterocycles. The van der Waals surface area contributed by atoms with Gasteiger partial charge in [-0.25, -0.2) is 0 Å². The molecule has 0 bridgehead atoms. The van der Waals surface area contributed by atoms with Crippen molar-refractivity contribution in [2.75, 3.05) is 11.9 Å². The van der Waals surface area contributed by atoms with Crippen LogP contribution >= 0.6 is 0 Å². The summed E-state index contributed by atoms with van der Waals surface area (Å²) in [6.45, 7) is 7.19. The second-order valence-electron chi connectivity index (χ2n) is 5.36. The number of ether oxygens (including phenoxy) is 1. The van der Waals surface area contributed by atoms with E-state index in [0.717, 1.165) is 30.9 Å².